The van der Waals surface area contributed by atoms with E-state index >= 15 is 0 Å². The molecule has 24 heavy (non-hydrogen) atoms. The second-order valence-electron chi connectivity index (χ2n) is 6.15. The Bertz CT molecular complexity index is 609. The summed E-state index contributed by atoms with van der Waals surface area (Å²) in [5.41, 5.74) is 0.287. The largest absolute Gasteiger partial charge is 0.385 e. The lowest BCUT2D eigenvalue weighted by atomic mass is 10.1. The fourth-order valence-electron chi connectivity index (χ4n) is 2.65. The molecule has 1 saturated heterocycles. The molecule has 0 amide bonds. The van der Waals surface area contributed by atoms with E-state index in [1.165, 1.54) is 0 Å². The van der Waals surface area contributed by atoms with Gasteiger partial charge in [0.05, 0.1) is 13.2 Å². The van der Waals surface area contributed by atoms with E-state index in [4.69, 9.17) is 9.26 Å². The van der Waals surface area contributed by atoms with Crippen molar-refractivity contribution in [1.82, 2.24) is 20.8 Å². The minimum atomic E-state index is -0.871. The smallest absolute Gasteiger partial charge is 0.227 e. The Balaban J connectivity index is 1.41. The van der Waals surface area contributed by atoms with Crippen LogP contribution < -0.4 is 10.6 Å². The molecule has 0 unspecified atom stereocenters. The number of hydrogen-bond donors (Lipinski definition) is 3. The van der Waals surface area contributed by atoms with Crippen LogP contribution in [-0.2, 0) is 17.6 Å². The minimum Gasteiger partial charge on any atom is -0.385 e. The molecule has 2 aromatic rings. The highest BCUT2D eigenvalue weighted by molar-refractivity contribution is 5.18. The molecule has 1 aromatic heterocycles. The summed E-state index contributed by atoms with van der Waals surface area (Å²) in [6.07, 6.45) is 1.30. The van der Waals surface area contributed by atoms with Crippen LogP contribution in [0.2, 0.25) is 0 Å². The van der Waals surface area contributed by atoms with Crippen LogP contribution in [0.25, 0.3) is 0 Å². The van der Waals surface area contributed by atoms with Gasteiger partial charge in [-0.1, -0.05) is 35.5 Å². The monoisotopic (exact) mass is 332 g/mol. The Morgan fingerprint density at radius 2 is 2.17 bits per heavy atom. The molecule has 1 aliphatic heterocycles. The van der Waals surface area contributed by atoms with Gasteiger partial charge in [0.25, 0.3) is 0 Å². The highest BCUT2D eigenvalue weighted by atomic mass is 16.5. The highest BCUT2D eigenvalue weighted by Crippen LogP contribution is 2.08. The van der Waals surface area contributed by atoms with Crippen molar-refractivity contribution < 1.29 is 14.4 Å². The van der Waals surface area contributed by atoms with Crippen molar-refractivity contribution in [2.75, 3.05) is 39.4 Å². The molecule has 1 aromatic carbocycles. The van der Waals surface area contributed by atoms with E-state index in [2.05, 4.69) is 20.8 Å². The summed E-state index contributed by atoms with van der Waals surface area (Å²) >= 11 is 0. The predicted molar refractivity (Wildman–Crippen MR) is 88.8 cm³/mol. The molecule has 1 fully saturated rings. The number of hydrogen-bond acceptors (Lipinski definition) is 7. The summed E-state index contributed by atoms with van der Waals surface area (Å²) in [7, 11) is 0. The van der Waals surface area contributed by atoms with Gasteiger partial charge in [-0.3, -0.25) is 0 Å². The third-order valence-electron chi connectivity index (χ3n) is 3.93. The molecule has 0 radical (unpaired) electrons. The summed E-state index contributed by atoms with van der Waals surface area (Å²) in [5, 5.41) is 20.8. The lowest BCUT2D eigenvalue weighted by molar-refractivity contribution is -0.0261. The van der Waals surface area contributed by atoms with Crippen LogP contribution in [0.4, 0.5) is 0 Å². The van der Waals surface area contributed by atoms with E-state index in [-0.39, 0.29) is 0 Å². The number of benzene rings is 1. The maximum atomic E-state index is 10.4. The lowest BCUT2D eigenvalue weighted by Crippen LogP contribution is -2.50. The second kappa shape index (κ2) is 8.34. The van der Waals surface area contributed by atoms with Crippen LogP contribution in [0.1, 0.15) is 17.3 Å². The molecule has 7 nitrogen and oxygen atoms in total. The molecule has 1 atom stereocenters. The average molecular weight is 332 g/mol. The quantitative estimate of drug-likeness (QED) is 0.621. The van der Waals surface area contributed by atoms with Crippen molar-refractivity contribution in [1.29, 1.82) is 0 Å². The summed E-state index contributed by atoms with van der Waals surface area (Å²) in [6, 6.07) is 10.1. The molecule has 3 rings (SSSR count). The zero-order valence-corrected chi connectivity index (χ0v) is 13.7. The maximum absolute atomic E-state index is 10.4. The molecule has 2 heterocycles. The van der Waals surface area contributed by atoms with E-state index in [0.29, 0.717) is 57.4 Å². The maximum Gasteiger partial charge on any atom is 0.227 e. The minimum absolute atomic E-state index is 0.342. The van der Waals surface area contributed by atoms with Crippen molar-refractivity contribution in [2.24, 2.45) is 0 Å². The van der Waals surface area contributed by atoms with Crippen LogP contribution in [0.3, 0.4) is 0 Å². The molecule has 130 valence electrons. The summed E-state index contributed by atoms with van der Waals surface area (Å²) in [5.74, 6) is 1.30. The van der Waals surface area contributed by atoms with Gasteiger partial charge < -0.3 is 25.0 Å². The number of nitrogens with zero attached hydrogens (tertiary/aromatic N) is 2. The normalized spacial score (nSPS) is 21.5. The van der Waals surface area contributed by atoms with Crippen LogP contribution in [-0.4, -0.2) is 60.2 Å². The van der Waals surface area contributed by atoms with E-state index in [1.807, 2.05) is 30.3 Å². The molecule has 0 bridgehead atoms. The van der Waals surface area contributed by atoms with Crippen LogP contribution in [0, 0.1) is 0 Å². The van der Waals surface area contributed by atoms with Gasteiger partial charge in [0.15, 0.2) is 5.82 Å². The predicted octanol–water partition coefficient (Wildman–Crippen LogP) is 0.143. The van der Waals surface area contributed by atoms with Crippen molar-refractivity contribution in [3.05, 3.63) is 47.6 Å². The number of aromatic nitrogens is 2. The summed E-state index contributed by atoms with van der Waals surface area (Å²) < 4.78 is 10.7. The molecule has 1 aliphatic rings. The highest BCUT2D eigenvalue weighted by Gasteiger charge is 2.28. The third-order valence-corrected chi connectivity index (χ3v) is 3.93. The topological polar surface area (TPSA) is 92.4 Å². The molecule has 3 N–H and O–H groups in total. The zero-order valence-electron chi connectivity index (χ0n) is 13.7. The van der Waals surface area contributed by atoms with E-state index in [9.17, 15) is 5.11 Å². The standard InChI is InChI=1S/C17H24N4O3/c22-17(12-19-8-9-23-13-17)11-18-7-6-16-20-15(21-24-16)10-14-4-2-1-3-5-14/h1-5,18-19,22H,6-13H2/t17-/m0/s1. The van der Waals surface area contributed by atoms with Gasteiger partial charge in [0.1, 0.15) is 5.60 Å². The summed E-state index contributed by atoms with van der Waals surface area (Å²) in [6.45, 7) is 3.40. The average Bonchev–Trinajstić information content (AvgIpc) is 2.92. The number of nitrogens with one attached hydrogen (secondary N) is 2. The van der Waals surface area contributed by atoms with Gasteiger partial charge in [0.2, 0.25) is 5.89 Å². The molecule has 0 aliphatic carbocycles. The van der Waals surface area contributed by atoms with Crippen LogP contribution in [0.5, 0.6) is 0 Å². The van der Waals surface area contributed by atoms with Crippen molar-refractivity contribution in [3.63, 3.8) is 0 Å². The zero-order chi connectivity index (χ0) is 16.7. The Kier molecular flexibility index (Phi) is 5.92. The Morgan fingerprint density at radius 3 is 3.04 bits per heavy atom. The third kappa shape index (κ3) is 5.10. The molecular formula is C17H24N4O3. The molecule has 0 saturated carbocycles. The number of ether oxygens (including phenoxy) is 1. The fourth-order valence-corrected chi connectivity index (χ4v) is 2.65. The molecule has 0 spiro atoms. The first-order valence-electron chi connectivity index (χ1n) is 8.30. The van der Waals surface area contributed by atoms with E-state index < -0.39 is 5.60 Å². The fraction of sp³-hybridized carbons (Fsp3) is 0.529. The van der Waals surface area contributed by atoms with Gasteiger partial charge in [-0.05, 0) is 5.56 Å². The molecule has 7 heteroatoms. The first kappa shape index (κ1) is 17.0. The van der Waals surface area contributed by atoms with E-state index in [1.54, 1.807) is 0 Å². The van der Waals surface area contributed by atoms with Gasteiger partial charge in [-0.25, -0.2) is 0 Å². The van der Waals surface area contributed by atoms with Gasteiger partial charge in [0, 0.05) is 39.0 Å². The lowest BCUT2D eigenvalue weighted by Gasteiger charge is -2.25. The van der Waals surface area contributed by atoms with E-state index in [0.717, 1.165) is 12.1 Å². The van der Waals surface area contributed by atoms with Crippen LogP contribution >= 0.6 is 0 Å². The van der Waals surface area contributed by atoms with Gasteiger partial charge >= 0.3 is 0 Å². The number of β-amino-alcohol motifs (C(OH)–C–C–N with tert-alkyl or cyclic N) is 1. The van der Waals surface area contributed by atoms with Gasteiger partial charge in [-0.2, -0.15) is 4.98 Å². The first-order valence-corrected chi connectivity index (χ1v) is 8.30. The number of aliphatic hydroxyl groups is 1. The molecular weight excluding hydrogens is 308 g/mol. The Morgan fingerprint density at radius 1 is 1.29 bits per heavy atom. The summed E-state index contributed by atoms with van der Waals surface area (Å²) in [4.78, 5) is 4.40. The second-order valence-corrected chi connectivity index (χ2v) is 6.15. The van der Waals surface area contributed by atoms with Gasteiger partial charge in [-0.15, -0.1) is 0 Å². The Hall–Kier alpha value is -1.80. The van der Waals surface area contributed by atoms with Crippen LogP contribution in [0.15, 0.2) is 34.9 Å². The van der Waals surface area contributed by atoms with Crippen molar-refractivity contribution in [3.8, 4) is 0 Å². The number of rotatable bonds is 7. The van der Waals surface area contributed by atoms with Crippen molar-refractivity contribution in [2.45, 2.75) is 18.4 Å². The SMILES string of the molecule is O[C@@]1(CNCCc2nc(Cc3ccccc3)no2)CNCCOC1. The van der Waals surface area contributed by atoms with Crippen molar-refractivity contribution >= 4 is 0 Å². The first-order chi connectivity index (χ1) is 11.7. The Labute approximate surface area is 141 Å².